The Bertz CT molecular complexity index is 1070. The average molecular weight is 433 g/mol. The fourth-order valence-corrected chi connectivity index (χ4v) is 3.54. The van der Waals surface area contributed by atoms with Gasteiger partial charge in [0, 0.05) is 5.02 Å². The minimum Gasteiger partial charge on any atom is -0.508 e. The molecule has 1 aliphatic rings. The van der Waals surface area contributed by atoms with Gasteiger partial charge in [0.05, 0.1) is 16.2 Å². The average Bonchev–Trinajstić information content (AvgIpc) is 2.92. The van der Waals surface area contributed by atoms with Gasteiger partial charge in [0.25, 0.3) is 11.1 Å². The zero-order chi connectivity index (χ0) is 21.1. The van der Waals surface area contributed by atoms with Gasteiger partial charge < -0.3 is 15.5 Å². The summed E-state index contributed by atoms with van der Waals surface area (Å²) >= 11 is 6.73. The number of thioether (sulfide) groups is 1. The van der Waals surface area contributed by atoms with Gasteiger partial charge in [0.15, 0.2) is 0 Å². The van der Waals surface area contributed by atoms with Gasteiger partial charge in [0.2, 0.25) is 5.91 Å². The van der Waals surface area contributed by atoms with E-state index >= 15 is 0 Å². The molecule has 3 N–H and O–H groups in total. The van der Waals surface area contributed by atoms with Crippen molar-refractivity contribution in [2.24, 2.45) is 0 Å². The molecule has 0 bridgehead atoms. The molecule has 0 aliphatic carbocycles. The van der Waals surface area contributed by atoms with E-state index in [1.54, 1.807) is 24.3 Å². The van der Waals surface area contributed by atoms with Crippen LogP contribution in [-0.4, -0.2) is 44.7 Å². The van der Waals surface area contributed by atoms with Gasteiger partial charge in [-0.1, -0.05) is 29.8 Å². The first-order valence-electron chi connectivity index (χ1n) is 8.12. The van der Waals surface area contributed by atoms with Crippen LogP contribution in [0.2, 0.25) is 5.02 Å². The van der Waals surface area contributed by atoms with Crippen molar-refractivity contribution in [3.63, 3.8) is 0 Å². The first-order chi connectivity index (χ1) is 13.8. The van der Waals surface area contributed by atoms with Crippen molar-refractivity contribution in [2.45, 2.75) is 0 Å². The molecule has 1 heterocycles. The lowest BCUT2D eigenvalue weighted by atomic mass is 10.1. The van der Waals surface area contributed by atoms with E-state index in [4.69, 9.17) is 16.7 Å². The lowest BCUT2D eigenvalue weighted by Gasteiger charge is -2.13. The van der Waals surface area contributed by atoms with Gasteiger partial charge in [-0.15, -0.1) is 0 Å². The molecule has 0 unspecified atom stereocenters. The first kappa shape index (κ1) is 20.4. The number of aromatic carboxylic acids is 1. The molecule has 3 amide bonds. The van der Waals surface area contributed by atoms with Crippen molar-refractivity contribution in [1.29, 1.82) is 0 Å². The Balaban J connectivity index is 1.75. The number of aromatic hydroxyl groups is 1. The second-order valence-electron chi connectivity index (χ2n) is 5.87. The maximum atomic E-state index is 12.5. The van der Waals surface area contributed by atoms with Crippen LogP contribution in [0, 0.1) is 0 Å². The smallest absolute Gasteiger partial charge is 0.337 e. The predicted molar refractivity (Wildman–Crippen MR) is 108 cm³/mol. The number of phenols is 1. The molecule has 3 rings (SSSR count). The third kappa shape index (κ3) is 4.58. The Morgan fingerprint density at radius 2 is 1.90 bits per heavy atom. The molecule has 1 fully saturated rings. The van der Waals surface area contributed by atoms with Crippen LogP contribution in [0.25, 0.3) is 6.08 Å². The van der Waals surface area contributed by atoms with Crippen molar-refractivity contribution in [3.05, 3.63) is 63.5 Å². The third-order valence-corrected chi connectivity index (χ3v) is 5.13. The molecule has 0 aromatic heterocycles. The summed E-state index contributed by atoms with van der Waals surface area (Å²) in [5.41, 5.74) is 0.157. The van der Waals surface area contributed by atoms with E-state index in [2.05, 4.69) is 5.32 Å². The molecule has 10 heteroatoms. The van der Waals surface area contributed by atoms with Gasteiger partial charge in [-0.05, 0) is 47.7 Å². The van der Waals surface area contributed by atoms with Crippen molar-refractivity contribution in [2.75, 3.05) is 11.9 Å². The van der Waals surface area contributed by atoms with E-state index in [0.29, 0.717) is 22.3 Å². The number of nitrogens with one attached hydrogen (secondary N) is 1. The highest BCUT2D eigenvalue weighted by Crippen LogP contribution is 2.33. The Hall–Kier alpha value is -3.30. The molecule has 2 aromatic rings. The molecule has 0 spiro atoms. The van der Waals surface area contributed by atoms with Crippen LogP contribution in [0.3, 0.4) is 0 Å². The third-order valence-electron chi connectivity index (χ3n) is 3.87. The molecule has 1 saturated heterocycles. The summed E-state index contributed by atoms with van der Waals surface area (Å²) in [6, 6.07) is 10.2. The molecule has 29 heavy (non-hydrogen) atoms. The number of amides is 3. The topological polar surface area (TPSA) is 124 Å². The zero-order valence-electron chi connectivity index (χ0n) is 14.6. The first-order valence-corrected chi connectivity index (χ1v) is 9.32. The van der Waals surface area contributed by atoms with Crippen LogP contribution in [0.15, 0.2) is 47.4 Å². The fraction of sp³-hybridized carbons (Fsp3) is 0.0526. The van der Waals surface area contributed by atoms with Crippen LogP contribution in [-0.2, 0) is 9.59 Å². The predicted octanol–water partition coefficient (Wildman–Crippen LogP) is 3.42. The van der Waals surface area contributed by atoms with Crippen molar-refractivity contribution in [3.8, 4) is 5.75 Å². The number of carbonyl (C=O) groups excluding carboxylic acids is 3. The lowest BCUT2D eigenvalue weighted by Crippen LogP contribution is -2.36. The van der Waals surface area contributed by atoms with E-state index in [1.165, 1.54) is 18.2 Å². The van der Waals surface area contributed by atoms with E-state index in [0.717, 1.165) is 11.0 Å². The van der Waals surface area contributed by atoms with Crippen LogP contribution in [0.1, 0.15) is 15.9 Å². The maximum Gasteiger partial charge on any atom is 0.337 e. The second kappa shape index (κ2) is 8.38. The fourth-order valence-electron chi connectivity index (χ4n) is 2.52. The molecule has 0 saturated carbocycles. The summed E-state index contributed by atoms with van der Waals surface area (Å²) in [5, 5.41) is 20.7. The number of carbonyl (C=O) groups is 4. The zero-order valence-corrected chi connectivity index (χ0v) is 16.2. The molecule has 8 nitrogen and oxygen atoms in total. The standard InChI is InChI=1S/C19H13ClN2O6S/c20-13-4-2-1-3-10(13)7-15-17(25)22(19(28)29-15)9-16(24)21-14-6-5-11(23)8-12(14)18(26)27/h1-8,23H,9H2,(H,21,24)(H,26,27)/b15-7+. The van der Waals surface area contributed by atoms with Crippen LogP contribution in [0.4, 0.5) is 10.5 Å². The van der Waals surface area contributed by atoms with Crippen LogP contribution < -0.4 is 5.32 Å². The number of nitrogens with zero attached hydrogens (tertiary/aromatic N) is 1. The van der Waals surface area contributed by atoms with Crippen molar-refractivity contribution in [1.82, 2.24) is 4.90 Å². The highest BCUT2D eigenvalue weighted by atomic mass is 35.5. The number of imide groups is 1. The van der Waals surface area contributed by atoms with Gasteiger partial charge in [-0.3, -0.25) is 19.3 Å². The number of hydrogen-bond acceptors (Lipinski definition) is 6. The van der Waals surface area contributed by atoms with Gasteiger partial charge in [-0.2, -0.15) is 0 Å². The number of benzene rings is 2. The number of anilines is 1. The monoisotopic (exact) mass is 432 g/mol. The summed E-state index contributed by atoms with van der Waals surface area (Å²) < 4.78 is 0. The van der Waals surface area contributed by atoms with Crippen LogP contribution >= 0.6 is 23.4 Å². The Morgan fingerprint density at radius 3 is 2.59 bits per heavy atom. The normalized spacial score (nSPS) is 15.1. The maximum absolute atomic E-state index is 12.5. The van der Waals surface area contributed by atoms with Gasteiger partial charge >= 0.3 is 5.97 Å². The lowest BCUT2D eigenvalue weighted by molar-refractivity contribution is -0.127. The minimum absolute atomic E-state index is 0.0705. The van der Waals surface area contributed by atoms with Gasteiger partial charge in [0.1, 0.15) is 12.3 Å². The number of carboxylic acid groups (broad SMARTS) is 1. The molecular formula is C19H13ClN2O6S. The Morgan fingerprint density at radius 1 is 1.17 bits per heavy atom. The summed E-state index contributed by atoms with van der Waals surface area (Å²) in [4.78, 5) is 49.1. The number of carboxylic acids is 1. The SMILES string of the molecule is O=C(CN1C(=O)S/C(=C/c2ccccc2Cl)C1=O)Nc1ccc(O)cc1C(=O)O. The largest absolute Gasteiger partial charge is 0.508 e. The molecular weight excluding hydrogens is 420 g/mol. The van der Waals surface area contributed by atoms with E-state index in [9.17, 15) is 24.3 Å². The van der Waals surface area contributed by atoms with Crippen LogP contribution in [0.5, 0.6) is 5.75 Å². The summed E-state index contributed by atoms with van der Waals surface area (Å²) in [5.74, 6) is -3.06. The molecule has 2 aromatic carbocycles. The highest BCUT2D eigenvalue weighted by molar-refractivity contribution is 8.18. The van der Waals surface area contributed by atoms with E-state index in [1.807, 2.05) is 0 Å². The van der Waals surface area contributed by atoms with E-state index in [-0.39, 0.29) is 21.9 Å². The summed E-state index contributed by atoms with van der Waals surface area (Å²) in [6.45, 7) is -0.593. The van der Waals surface area contributed by atoms with Crippen molar-refractivity contribution < 1.29 is 29.4 Å². The second-order valence-corrected chi connectivity index (χ2v) is 7.27. The number of halogens is 1. The Kier molecular flexibility index (Phi) is 5.90. The Labute approximate surface area is 173 Å². The number of rotatable bonds is 5. The van der Waals surface area contributed by atoms with Crippen molar-refractivity contribution >= 4 is 58.1 Å². The molecule has 1 aliphatic heterocycles. The molecule has 0 atom stereocenters. The number of hydrogen-bond donors (Lipinski definition) is 3. The minimum atomic E-state index is -1.36. The quantitative estimate of drug-likeness (QED) is 0.488. The summed E-state index contributed by atoms with van der Waals surface area (Å²) in [7, 11) is 0. The van der Waals surface area contributed by atoms with E-state index < -0.39 is 29.6 Å². The number of phenolic OH excluding ortho intramolecular Hbond substituents is 1. The summed E-state index contributed by atoms with van der Waals surface area (Å²) in [6.07, 6.45) is 1.47. The van der Waals surface area contributed by atoms with Gasteiger partial charge in [-0.25, -0.2) is 4.79 Å². The molecule has 0 radical (unpaired) electrons. The highest BCUT2D eigenvalue weighted by Gasteiger charge is 2.36. The molecule has 148 valence electrons.